The van der Waals surface area contributed by atoms with E-state index >= 15 is 0 Å². The molecule has 2 aromatic rings. The fourth-order valence-electron chi connectivity index (χ4n) is 3.74. The average molecular weight is 346 g/mol. The van der Waals surface area contributed by atoms with Crippen molar-refractivity contribution in [2.45, 2.75) is 31.8 Å². The second-order valence-corrected chi connectivity index (χ2v) is 8.27. The lowest BCUT2D eigenvalue weighted by Crippen LogP contribution is -2.50. The molecule has 24 heavy (non-hydrogen) atoms. The van der Waals surface area contributed by atoms with Crippen LogP contribution in [0.3, 0.4) is 0 Å². The summed E-state index contributed by atoms with van der Waals surface area (Å²) in [5, 5.41) is 0. The molecule has 2 aliphatic rings. The van der Waals surface area contributed by atoms with Gasteiger partial charge in [-0.25, -0.2) is 0 Å². The van der Waals surface area contributed by atoms with Gasteiger partial charge in [-0.3, -0.25) is 4.98 Å². The number of rotatable bonds is 3. The fraction of sp³-hybridized carbons (Fsp3) is 0.471. The van der Waals surface area contributed by atoms with Crippen molar-refractivity contribution >= 4 is 10.2 Å². The second-order valence-electron chi connectivity index (χ2n) is 6.39. The van der Waals surface area contributed by atoms with E-state index in [4.69, 9.17) is 0 Å². The Balaban J connectivity index is 1.76. The van der Waals surface area contributed by atoms with Crippen LogP contribution in [0.25, 0.3) is 0 Å². The molecule has 0 saturated carbocycles. The van der Waals surface area contributed by atoms with E-state index in [1.54, 1.807) is 21.0 Å². The Kier molecular flexibility index (Phi) is 4.15. The number of hydrogen-bond acceptors (Lipinski definition) is 3. The number of aromatic nitrogens is 2. The van der Waals surface area contributed by atoms with Crippen LogP contribution in [0.15, 0.2) is 42.9 Å². The zero-order valence-electron chi connectivity index (χ0n) is 13.6. The minimum atomic E-state index is -3.47. The van der Waals surface area contributed by atoms with E-state index in [0.29, 0.717) is 26.2 Å². The van der Waals surface area contributed by atoms with Gasteiger partial charge in [0.1, 0.15) is 0 Å². The number of fused-ring (bicyclic) bond motifs is 1. The molecule has 0 spiro atoms. The van der Waals surface area contributed by atoms with Crippen LogP contribution in [-0.4, -0.2) is 46.2 Å². The summed E-state index contributed by atoms with van der Waals surface area (Å²) in [5.41, 5.74) is 1.98. The molecule has 1 saturated heterocycles. The van der Waals surface area contributed by atoms with Gasteiger partial charge < -0.3 is 4.57 Å². The first kappa shape index (κ1) is 15.8. The molecule has 0 radical (unpaired) electrons. The van der Waals surface area contributed by atoms with Crippen molar-refractivity contribution in [1.82, 2.24) is 18.2 Å². The summed E-state index contributed by atoms with van der Waals surface area (Å²) < 4.78 is 32.0. The van der Waals surface area contributed by atoms with Crippen molar-refractivity contribution in [3.63, 3.8) is 0 Å². The summed E-state index contributed by atoms with van der Waals surface area (Å²) in [5.74, 6) is 0. The molecule has 0 aromatic carbocycles. The van der Waals surface area contributed by atoms with Crippen LogP contribution in [0.2, 0.25) is 0 Å². The monoisotopic (exact) mass is 346 g/mol. The summed E-state index contributed by atoms with van der Waals surface area (Å²) in [6.07, 6.45) is 8.48. The maximum Gasteiger partial charge on any atom is 0.282 e. The summed E-state index contributed by atoms with van der Waals surface area (Å²) in [7, 11) is -3.47. The van der Waals surface area contributed by atoms with Gasteiger partial charge in [0.25, 0.3) is 10.2 Å². The highest BCUT2D eigenvalue weighted by molar-refractivity contribution is 7.86. The van der Waals surface area contributed by atoms with E-state index in [2.05, 4.69) is 9.55 Å². The highest BCUT2D eigenvalue weighted by Crippen LogP contribution is 2.35. The lowest BCUT2D eigenvalue weighted by atomic mass is 10.0. The molecule has 2 aliphatic heterocycles. The molecule has 1 unspecified atom stereocenters. The number of piperidine rings is 1. The topological polar surface area (TPSA) is 58.4 Å². The Morgan fingerprint density at radius 1 is 0.958 bits per heavy atom. The molecule has 2 aromatic heterocycles. The molecule has 1 atom stereocenters. The van der Waals surface area contributed by atoms with E-state index in [-0.39, 0.29) is 6.04 Å². The van der Waals surface area contributed by atoms with E-state index in [9.17, 15) is 8.42 Å². The Morgan fingerprint density at radius 2 is 1.71 bits per heavy atom. The SMILES string of the molecule is O=S(=O)(N1CCCCC1)N1CCn2cccc2C1c1ccncc1. The molecule has 0 aliphatic carbocycles. The minimum absolute atomic E-state index is 0.288. The van der Waals surface area contributed by atoms with Gasteiger partial charge in [-0.1, -0.05) is 6.42 Å². The Bertz CT molecular complexity index is 797. The van der Waals surface area contributed by atoms with Crippen LogP contribution in [-0.2, 0) is 16.8 Å². The van der Waals surface area contributed by atoms with Crippen molar-refractivity contribution in [3.05, 3.63) is 54.1 Å². The van der Waals surface area contributed by atoms with Gasteiger partial charge in [0.2, 0.25) is 0 Å². The van der Waals surface area contributed by atoms with Gasteiger partial charge >= 0.3 is 0 Å². The third-order valence-electron chi connectivity index (χ3n) is 4.95. The van der Waals surface area contributed by atoms with Crippen molar-refractivity contribution < 1.29 is 8.42 Å². The maximum atomic E-state index is 13.3. The van der Waals surface area contributed by atoms with Gasteiger partial charge in [-0.05, 0) is 42.7 Å². The Hall–Kier alpha value is -1.70. The highest BCUT2D eigenvalue weighted by atomic mass is 32.2. The first-order valence-corrected chi connectivity index (χ1v) is 9.89. The van der Waals surface area contributed by atoms with Crippen molar-refractivity contribution in [2.24, 2.45) is 0 Å². The van der Waals surface area contributed by atoms with Crippen LogP contribution in [0.5, 0.6) is 0 Å². The second kappa shape index (κ2) is 6.31. The molecule has 128 valence electrons. The van der Waals surface area contributed by atoms with Crippen molar-refractivity contribution in [1.29, 1.82) is 0 Å². The fourth-order valence-corrected chi connectivity index (χ4v) is 5.56. The standard InChI is InChI=1S/C17H22N4O2S/c22-24(23,20-11-2-1-3-12-20)21-14-13-19-10-4-5-16(19)17(21)15-6-8-18-9-7-15/h4-10,17H,1-3,11-14H2. The zero-order valence-corrected chi connectivity index (χ0v) is 14.4. The van der Waals surface area contributed by atoms with E-state index in [0.717, 1.165) is 30.5 Å². The van der Waals surface area contributed by atoms with E-state index in [1.165, 1.54) is 0 Å². The normalized spacial score (nSPS) is 23.1. The zero-order chi connectivity index (χ0) is 16.6. The summed E-state index contributed by atoms with van der Waals surface area (Å²) in [6, 6.07) is 7.53. The van der Waals surface area contributed by atoms with Gasteiger partial charge in [-0.15, -0.1) is 0 Å². The van der Waals surface area contributed by atoms with Gasteiger partial charge in [-0.2, -0.15) is 17.0 Å². The van der Waals surface area contributed by atoms with Gasteiger partial charge in [0.05, 0.1) is 6.04 Å². The van der Waals surface area contributed by atoms with Crippen LogP contribution in [0.4, 0.5) is 0 Å². The summed E-state index contributed by atoms with van der Waals surface area (Å²) in [4.78, 5) is 4.08. The molecule has 4 heterocycles. The largest absolute Gasteiger partial charge is 0.348 e. The number of hydrogen-bond donors (Lipinski definition) is 0. The first-order chi connectivity index (χ1) is 11.7. The number of pyridine rings is 1. The van der Waals surface area contributed by atoms with Crippen molar-refractivity contribution in [2.75, 3.05) is 19.6 Å². The highest BCUT2D eigenvalue weighted by Gasteiger charge is 2.40. The molecule has 0 amide bonds. The average Bonchev–Trinajstić information content (AvgIpc) is 3.11. The molecule has 1 fully saturated rings. The third kappa shape index (κ3) is 2.66. The van der Waals surface area contributed by atoms with E-state index < -0.39 is 10.2 Å². The van der Waals surface area contributed by atoms with Crippen LogP contribution >= 0.6 is 0 Å². The lowest BCUT2D eigenvalue weighted by Gasteiger charge is -2.39. The van der Waals surface area contributed by atoms with E-state index in [1.807, 2.05) is 30.5 Å². The molecule has 7 heteroatoms. The minimum Gasteiger partial charge on any atom is -0.348 e. The Morgan fingerprint density at radius 3 is 2.46 bits per heavy atom. The third-order valence-corrected chi connectivity index (χ3v) is 6.96. The maximum absolute atomic E-state index is 13.3. The molecule has 6 nitrogen and oxygen atoms in total. The van der Waals surface area contributed by atoms with Gasteiger partial charge in [0, 0.05) is 50.5 Å². The first-order valence-electron chi connectivity index (χ1n) is 8.50. The molecular formula is C17H22N4O2S. The number of nitrogens with zero attached hydrogens (tertiary/aromatic N) is 4. The van der Waals surface area contributed by atoms with Crippen LogP contribution in [0.1, 0.15) is 36.6 Å². The predicted molar refractivity (Wildman–Crippen MR) is 91.6 cm³/mol. The van der Waals surface area contributed by atoms with Crippen LogP contribution < -0.4 is 0 Å². The Labute approximate surface area is 142 Å². The summed E-state index contributed by atoms with van der Waals surface area (Å²) in [6.45, 7) is 2.44. The molecular weight excluding hydrogens is 324 g/mol. The quantitative estimate of drug-likeness (QED) is 0.854. The predicted octanol–water partition coefficient (Wildman–Crippen LogP) is 2.02. The smallest absolute Gasteiger partial charge is 0.282 e. The van der Waals surface area contributed by atoms with Crippen LogP contribution in [0, 0.1) is 0 Å². The summed E-state index contributed by atoms with van der Waals surface area (Å²) >= 11 is 0. The molecule has 0 N–H and O–H groups in total. The molecule has 0 bridgehead atoms. The molecule has 4 rings (SSSR count). The lowest BCUT2D eigenvalue weighted by molar-refractivity contribution is 0.254. The van der Waals surface area contributed by atoms with Crippen molar-refractivity contribution in [3.8, 4) is 0 Å². The van der Waals surface area contributed by atoms with Gasteiger partial charge in [0.15, 0.2) is 0 Å².